The molecule has 0 bridgehead atoms. The van der Waals surface area contributed by atoms with Gasteiger partial charge in [0.1, 0.15) is 5.82 Å². The minimum Gasteiger partial charge on any atom is -0.379 e. The van der Waals surface area contributed by atoms with E-state index in [1.165, 1.54) is 18.9 Å². The number of likely N-dealkylation sites (N-methyl/N-ethyl adjacent to an activating group) is 1. The smallest absolute Gasteiger partial charge is 0.146 e. The molecule has 1 aromatic carbocycles. The van der Waals surface area contributed by atoms with Crippen molar-refractivity contribution in [3.05, 3.63) is 29.6 Å². The van der Waals surface area contributed by atoms with Crippen LogP contribution in [0.15, 0.2) is 18.2 Å². The van der Waals surface area contributed by atoms with Gasteiger partial charge in [0.25, 0.3) is 0 Å². The van der Waals surface area contributed by atoms with Crippen molar-refractivity contribution in [2.45, 2.75) is 19.3 Å². The van der Waals surface area contributed by atoms with E-state index >= 15 is 0 Å². The summed E-state index contributed by atoms with van der Waals surface area (Å²) in [7, 11) is 1.90. The van der Waals surface area contributed by atoms with Crippen molar-refractivity contribution in [3.8, 4) is 0 Å². The molecule has 1 saturated carbocycles. The summed E-state index contributed by atoms with van der Waals surface area (Å²) in [5, 5.41) is 0. The summed E-state index contributed by atoms with van der Waals surface area (Å²) in [6.45, 7) is 2.72. The van der Waals surface area contributed by atoms with Crippen LogP contribution in [0, 0.1) is 11.7 Å². The molecule has 19 heavy (non-hydrogen) atoms. The van der Waals surface area contributed by atoms with E-state index in [1.807, 2.05) is 18.0 Å². The largest absolute Gasteiger partial charge is 0.379 e. The zero-order valence-corrected chi connectivity index (χ0v) is 11.6. The molecular weight excluding hydrogens is 243 g/mol. The molecule has 2 N–H and O–H groups in total. The second-order valence-corrected chi connectivity index (χ2v) is 5.23. The lowest BCUT2D eigenvalue weighted by Gasteiger charge is -2.23. The molecule has 0 aromatic heterocycles. The second kappa shape index (κ2) is 6.87. The number of para-hydroxylation sites is 1. The number of halogens is 1. The molecule has 0 unspecified atom stereocenters. The average molecular weight is 266 g/mol. The minimum absolute atomic E-state index is 0.185. The van der Waals surface area contributed by atoms with Crippen LogP contribution in [0.1, 0.15) is 18.4 Å². The summed E-state index contributed by atoms with van der Waals surface area (Å²) >= 11 is 0. The van der Waals surface area contributed by atoms with Crippen LogP contribution in [0.5, 0.6) is 0 Å². The van der Waals surface area contributed by atoms with E-state index < -0.39 is 0 Å². The van der Waals surface area contributed by atoms with Gasteiger partial charge in [-0.2, -0.15) is 0 Å². The summed E-state index contributed by atoms with van der Waals surface area (Å²) < 4.78 is 19.5. The Labute approximate surface area is 114 Å². The number of ether oxygens (including phenoxy) is 1. The van der Waals surface area contributed by atoms with Crippen molar-refractivity contribution in [2.75, 3.05) is 38.3 Å². The first-order valence-corrected chi connectivity index (χ1v) is 6.98. The highest BCUT2D eigenvalue weighted by Crippen LogP contribution is 2.29. The van der Waals surface area contributed by atoms with Gasteiger partial charge in [0.05, 0.1) is 12.3 Å². The Balaban J connectivity index is 1.90. The van der Waals surface area contributed by atoms with Crippen molar-refractivity contribution in [3.63, 3.8) is 0 Å². The van der Waals surface area contributed by atoms with Crippen molar-refractivity contribution in [1.82, 2.24) is 0 Å². The molecule has 1 aliphatic rings. The molecule has 0 saturated heterocycles. The van der Waals surface area contributed by atoms with Gasteiger partial charge in [0.15, 0.2) is 0 Å². The fourth-order valence-electron chi connectivity index (χ4n) is 2.19. The molecule has 106 valence electrons. The van der Waals surface area contributed by atoms with Gasteiger partial charge < -0.3 is 15.4 Å². The van der Waals surface area contributed by atoms with Crippen LogP contribution in [0.2, 0.25) is 0 Å². The molecule has 0 atom stereocenters. The second-order valence-electron chi connectivity index (χ2n) is 5.23. The fraction of sp³-hybridized carbons (Fsp3) is 0.600. The molecule has 0 spiro atoms. The summed E-state index contributed by atoms with van der Waals surface area (Å²) in [5.41, 5.74) is 7.20. The Morgan fingerprint density at radius 1 is 1.42 bits per heavy atom. The van der Waals surface area contributed by atoms with E-state index in [0.29, 0.717) is 31.8 Å². The maximum absolute atomic E-state index is 13.9. The van der Waals surface area contributed by atoms with Gasteiger partial charge in [0, 0.05) is 20.2 Å². The number of benzene rings is 1. The molecule has 0 heterocycles. The van der Waals surface area contributed by atoms with Gasteiger partial charge in [-0.1, -0.05) is 12.1 Å². The molecule has 1 fully saturated rings. The summed E-state index contributed by atoms with van der Waals surface area (Å²) in [5.74, 6) is 0.585. The Hall–Kier alpha value is -1.13. The zero-order chi connectivity index (χ0) is 13.7. The molecule has 1 aromatic rings. The van der Waals surface area contributed by atoms with Crippen LogP contribution in [0.3, 0.4) is 0 Å². The first kappa shape index (κ1) is 14.3. The maximum atomic E-state index is 13.9. The number of anilines is 1. The standard InChI is InChI=1S/C15H23FN2O/c1-18(9-10-19-11-12-5-6-12)15-13(7-8-17)3-2-4-14(15)16/h2-4,12H,5-11,17H2,1H3. The fourth-order valence-corrected chi connectivity index (χ4v) is 2.19. The molecule has 1 aliphatic carbocycles. The lowest BCUT2D eigenvalue weighted by Crippen LogP contribution is -2.25. The quantitative estimate of drug-likeness (QED) is 0.733. The Morgan fingerprint density at radius 2 is 2.21 bits per heavy atom. The van der Waals surface area contributed by atoms with Crippen LogP contribution >= 0.6 is 0 Å². The van der Waals surface area contributed by atoms with Crippen molar-refractivity contribution in [1.29, 1.82) is 0 Å². The normalized spacial score (nSPS) is 14.7. The van der Waals surface area contributed by atoms with E-state index in [0.717, 1.165) is 18.1 Å². The van der Waals surface area contributed by atoms with Crippen LogP contribution in [-0.4, -0.2) is 33.4 Å². The van der Waals surface area contributed by atoms with E-state index in [2.05, 4.69) is 0 Å². The van der Waals surface area contributed by atoms with Crippen molar-refractivity contribution in [2.24, 2.45) is 11.7 Å². The van der Waals surface area contributed by atoms with Gasteiger partial charge in [0.2, 0.25) is 0 Å². The number of hydrogen-bond donors (Lipinski definition) is 1. The third-order valence-electron chi connectivity index (χ3n) is 3.49. The third kappa shape index (κ3) is 4.18. The molecule has 0 amide bonds. The first-order chi connectivity index (χ1) is 9.22. The molecule has 4 heteroatoms. The van der Waals surface area contributed by atoms with E-state index in [1.54, 1.807) is 6.07 Å². The van der Waals surface area contributed by atoms with Gasteiger partial charge in [-0.15, -0.1) is 0 Å². The minimum atomic E-state index is -0.185. The predicted molar refractivity (Wildman–Crippen MR) is 76.0 cm³/mol. The third-order valence-corrected chi connectivity index (χ3v) is 3.49. The monoisotopic (exact) mass is 266 g/mol. The highest BCUT2D eigenvalue weighted by Gasteiger charge is 2.21. The van der Waals surface area contributed by atoms with Gasteiger partial charge in [-0.3, -0.25) is 0 Å². The highest BCUT2D eigenvalue weighted by atomic mass is 19.1. The number of nitrogens with two attached hydrogens (primary N) is 1. The van der Waals surface area contributed by atoms with Crippen LogP contribution in [0.4, 0.5) is 10.1 Å². The Bertz CT molecular complexity index is 407. The highest BCUT2D eigenvalue weighted by molar-refractivity contribution is 5.54. The summed E-state index contributed by atoms with van der Waals surface area (Å²) in [4.78, 5) is 1.92. The van der Waals surface area contributed by atoms with Crippen LogP contribution < -0.4 is 10.6 Å². The molecule has 0 radical (unpaired) electrons. The number of nitrogens with zero attached hydrogens (tertiary/aromatic N) is 1. The maximum Gasteiger partial charge on any atom is 0.146 e. The Morgan fingerprint density at radius 3 is 2.89 bits per heavy atom. The van der Waals surface area contributed by atoms with E-state index in [-0.39, 0.29) is 5.82 Å². The Kier molecular flexibility index (Phi) is 5.16. The van der Waals surface area contributed by atoms with E-state index in [4.69, 9.17) is 10.5 Å². The summed E-state index contributed by atoms with van der Waals surface area (Å²) in [6, 6.07) is 5.17. The molecule has 2 rings (SSSR count). The SMILES string of the molecule is CN(CCOCC1CC1)c1c(F)cccc1CCN. The van der Waals surface area contributed by atoms with Gasteiger partial charge >= 0.3 is 0 Å². The lowest BCUT2D eigenvalue weighted by molar-refractivity contribution is 0.131. The van der Waals surface area contributed by atoms with Crippen molar-refractivity contribution < 1.29 is 9.13 Å². The first-order valence-electron chi connectivity index (χ1n) is 6.98. The summed E-state index contributed by atoms with van der Waals surface area (Å²) in [6.07, 6.45) is 3.29. The average Bonchev–Trinajstić information content (AvgIpc) is 3.19. The number of rotatable bonds is 8. The lowest BCUT2D eigenvalue weighted by atomic mass is 10.1. The zero-order valence-electron chi connectivity index (χ0n) is 11.6. The molecule has 0 aliphatic heterocycles. The van der Waals surface area contributed by atoms with Crippen LogP contribution in [-0.2, 0) is 11.2 Å². The molecule has 3 nitrogen and oxygen atoms in total. The molecular formula is C15H23FN2O. The van der Waals surface area contributed by atoms with Crippen LogP contribution in [0.25, 0.3) is 0 Å². The topological polar surface area (TPSA) is 38.5 Å². The van der Waals surface area contributed by atoms with E-state index in [9.17, 15) is 4.39 Å². The van der Waals surface area contributed by atoms with Gasteiger partial charge in [-0.25, -0.2) is 4.39 Å². The van der Waals surface area contributed by atoms with Gasteiger partial charge in [-0.05, 0) is 43.4 Å². The number of hydrogen-bond acceptors (Lipinski definition) is 3. The predicted octanol–water partition coefficient (Wildman–Crippen LogP) is 2.19. The van der Waals surface area contributed by atoms with Crippen molar-refractivity contribution >= 4 is 5.69 Å².